The molecule has 3 aromatic rings. The summed E-state index contributed by atoms with van der Waals surface area (Å²) < 4.78 is 6.32. The van der Waals surface area contributed by atoms with Gasteiger partial charge in [-0.1, -0.05) is 24.3 Å². The van der Waals surface area contributed by atoms with E-state index in [2.05, 4.69) is 16.4 Å². The number of aromatic nitrogens is 1. The first-order valence-electron chi connectivity index (χ1n) is 9.34. The van der Waals surface area contributed by atoms with Crippen molar-refractivity contribution in [2.24, 2.45) is 0 Å². The van der Waals surface area contributed by atoms with E-state index in [0.29, 0.717) is 22.8 Å². The highest BCUT2D eigenvalue weighted by Crippen LogP contribution is 2.29. The lowest BCUT2D eigenvalue weighted by molar-refractivity contribution is -0.119. The molecule has 1 fully saturated rings. The van der Waals surface area contributed by atoms with E-state index in [9.17, 15) is 14.9 Å². The van der Waals surface area contributed by atoms with Gasteiger partial charge in [-0.05, 0) is 35.9 Å². The molecule has 1 aliphatic rings. The lowest BCUT2D eigenvalue weighted by Crippen LogP contribution is -2.33. The molecule has 1 atom stereocenters. The number of cyclic esters (lactones) is 1. The molecule has 2 heterocycles. The van der Waals surface area contributed by atoms with Crippen LogP contribution in [0.4, 0.5) is 10.5 Å². The molecule has 0 spiro atoms. The van der Waals surface area contributed by atoms with Crippen LogP contribution in [0.25, 0.3) is 21.9 Å². The van der Waals surface area contributed by atoms with E-state index in [-0.39, 0.29) is 18.6 Å². The Labute approximate surface area is 177 Å². The molecule has 0 aliphatic carbocycles. The molecule has 1 N–H and O–H groups in total. The Kier molecular flexibility index (Phi) is 5.46. The molecule has 0 radical (unpaired) electrons. The van der Waals surface area contributed by atoms with Crippen molar-refractivity contribution in [3.63, 3.8) is 0 Å². The number of amides is 2. The summed E-state index contributed by atoms with van der Waals surface area (Å²) in [5, 5.41) is 12.9. The number of nitrogens with one attached hydrogen (secondary N) is 1. The van der Waals surface area contributed by atoms with Gasteiger partial charge in [0, 0.05) is 12.6 Å². The van der Waals surface area contributed by atoms with Crippen LogP contribution in [0.1, 0.15) is 17.5 Å². The molecule has 0 bridgehead atoms. The number of fused-ring (bicyclic) bond motifs is 1. The number of rotatable bonds is 5. The zero-order valence-electron chi connectivity index (χ0n) is 16.2. The van der Waals surface area contributed by atoms with E-state index < -0.39 is 6.09 Å². The van der Waals surface area contributed by atoms with Crippen molar-refractivity contribution in [3.8, 4) is 6.07 Å². The molecule has 1 aromatic heterocycles. The van der Waals surface area contributed by atoms with Crippen molar-refractivity contribution in [2.45, 2.75) is 13.0 Å². The molecule has 2 amide bonds. The summed E-state index contributed by atoms with van der Waals surface area (Å²) in [6.45, 7) is 2.07. The van der Waals surface area contributed by atoms with Gasteiger partial charge in [0.25, 0.3) is 0 Å². The number of hydrogen-bond acceptors (Lipinski definition) is 6. The first-order chi connectivity index (χ1) is 14.5. The number of benzene rings is 2. The fourth-order valence-electron chi connectivity index (χ4n) is 3.14. The molecule has 1 saturated heterocycles. The monoisotopic (exact) mass is 418 g/mol. The van der Waals surface area contributed by atoms with Gasteiger partial charge < -0.3 is 10.1 Å². The van der Waals surface area contributed by atoms with Gasteiger partial charge in [0.15, 0.2) is 0 Å². The Morgan fingerprint density at radius 3 is 2.80 bits per heavy atom. The lowest BCUT2D eigenvalue weighted by atomic mass is 10.1. The fraction of sp³-hybridized carbons (Fsp3) is 0.182. The van der Waals surface area contributed by atoms with E-state index in [0.717, 1.165) is 15.8 Å². The number of carbonyl (C=O) groups excluding carboxylic acids is 2. The second kappa shape index (κ2) is 8.35. The number of ether oxygens (including phenoxy) is 1. The fourth-order valence-corrected chi connectivity index (χ4v) is 4.07. The normalized spacial score (nSPS) is 16.4. The summed E-state index contributed by atoms with van der Waals surface area (Å²) in [6, 6.07) is 17.3. The van der Waals surface area contributed by atoms with Crippen LogP contribution in [-0.2, 0) is 9.53 Å². The van der Waals surface area contributed by atoms with Crippen LogP contribution < -0.4 is 10.2 Å². The molecule has 30 heavy (non-hydrogen) atoms. The second-order valence-corrected chi connectivity index (χ2v) is 7.83. The quantitative estimate of drug-likeness (QED) is 0.636. The van der Waals surface area contributed by atoms with Crippen LogP contribution in [-0.4, -0.2) is 36.2 Å². The Morgan fingerprint density at radius 2 is 2.10 bits per heavy atom. The van der Waals surface area contributed by atoms with Crippen LogP contribution in [0.5, 0.6) is 0 Å². The summed E-state index contributed by atoms with van der Waals surface area (Å²) in [7, 11) is 0. The largest absolute Gasteiger partial charge is 0.442 e. The molecule has 7 nitrogen and oxygen atoms in total. The standard InChI is InChI=1S/C22H18N4O3S/c1-14(27)24-12-18-13-26(22(28)29-18)17-8-6-15(7-9-17)10-16(11-23)21-25-19-4-2-3-5-20(19)30-21/h2-10,18H,12-13H2,1H3,(H,24,27)/b16-10+/t18-/m0/s1. The van der Waals surface area contributed by atoms with Gasteiger partial charge in [-0.25, -0.2) is 9.78 Å². The van der Waals surface area contributed by atoms with Crippen molar-refractivity contribution < 1.29 is 14.3 Å². The number of nitriles is 1. The van der Waals surface area contributed by atoms with Crippen molar-refractivity contribution in [2.75, 3.05) is 18.0 Å². The number of nitrogens with zero attached hydrogens (tertiary/aromatic N) is 3. The third kappa shape index (κ3) is 4.16. The number of hydrogen-bond donors (Lipinski definition) is 1. The average molecular weight is 418 g/mol. The zero-order valence-corrected chi connectivity index (χ0v) is 17.0. The number of anilines is 1. The zero-order chi connectivity index (χ0) is 21.1. The molecule has 1 aliphatic heterocycles. The maximum absolute atomic E-state index is 12.1. The van der Waals surface area contributed by atoms with Crippen molar-refractivity contribution >= 4 is 50.9 Å². The van der Waals surface area contributed by atoms with Crippen molar-refractivity contribution in [1.29, 1.82) is 5.26 Å². The first-order valence-corrected chi connectivity index (χ1v) is 10.2. The van der Waals surface area contributed by atoms with Crippen LogP contribution >= 0.6 is 11.3 Å². The smallest absolute Gasteiger partial charge is 0.414 e. The Bertz CT molecular complexity index is 1140. The van der Waals surface area contributed by atoms with E-state index in [1.807, 2.05) is 36.4 Å². The summed E-state index contributed by atoms with van der Waals surface area (Å²) in [4.78, 5) is 29.2. The number of thiazole rings is 1. The maximum Gasteiger partial charge on any atom is 0.414 e. The Morgan fingerprint density at radius 1 is 1.33 bits per heavy atom. The number of carbonyl (C=O) groups is 2. The number of para-hydroxylation sites is 1. The van der Waals surface area contributed by atoms with Gasteiger partial charge in [-0.2, -0.15) is 5.26 Å². The molecule has 8 heteroatoms. The first kappa shape index (κ1) is 19.6. The minimum Gasteiger partial charge on any atom is -0.442 e. The van der Waals surface area contributed by atoms with Crippen molar-refractivity contribution in [1.82, 2.24) is 10.3 Å². The highest BCUT2D eigenvalue weighted by atomic mass is 32.1. The van der Waals surface area contributed by atoms with Gasteiger partial charge in [-0.15, -0.1) is 11.3 Å². The van der Waals surface area contributed by atoms with E-state index in [1.165, 1.54) is 23.2 Å². The Hall–Kier alpha value is -3.70. The summed E-state index contributed by atoms with van der Waals surface area (Å²) >= 11 is 1.48. The summed E-state index contributed by atoms with van der Waals surface area (Å²) in [5.74, 6) is -0.165. The predicted molar refractivity (Wildman–Crippen MR) is 116 cm³/mol. The van der Waals surface area contributed by atoms with Crippen LogP contribution in [0.3, 0.4) is 0 Å². The van der Waals surface area contributed by atoms with Gasteiger partial charge in [0.2, 0.25) is 5.91 Å². The Balaban J connectivity index is 1.51. The highest BCUT2D eigenvalue weighted by molar-refractivity contribution is 7.19. The molecule has 2 aromatic carbocycles. The molecular weight excluding hydrogens is 400 g/mol. The molecular formula is C22H18N4O3S. The van der Waals surface area contributed by atoms with E-state index in [4.69, 9.17) is 4.74 Å². The van der Waals surface area contributed by atoms with Crippen molar-refractivity contribution in [3.05, 3.63) is 59.1 Å². The maximum atomic E-state index is 12.1. The predicted octanol–water partition coefficient (Wildman–Crippen LogP) is 3.82. The van der Waals surface area contributed by atoms with E-state index in [1.54, 1.807) is 18.2 Å². The third-order valence-corrected chi connectivity index (χ3v) is 5.68. The molecule has 0 saturated carbocycles. The minimum atomic E-state index is -0.444. The van der Waals surface area contributed by atoms with Gasteiger partial charge in [0.1, 0.15) is 17.2 Å². The average Bonchev–Trinajstić information content (AvgIpc) is 3.34. The molecule has 0 unspecified atom stereocenters. The number of allylic oxidation sites excluding steroid dienone is 1. The second-order valence-electron chi connectivity index (χ2n) is 6.80. The SMILES string of the molecule is CC(=O)NC[C@H]1CN(c2ccc(/C=C(\C#N)c3nc4ccccc4s3)cc2)C(=O)O1. The topological polar surface area (TPSA) is 95.3 Å². The third-order valence-electron chi connectivity index (χ3n) is 4.61. The molecule has 4 rings (SSSR count). The van der Waals surface area contributed by atoms with E-state index >= 15 is 0 Å². The van der Waals surface area contributed by atoms with Crippen LogP contribution in [0, 0.1) is 11.3 Å². The van der Waals surface area contributed by atoms with Gasteiger partial charge in [-0.3, -0.25) is 9.69 Å². The van der Waals surface area contributed by atoms with Crippen LogP contribution in [0.15, 0.2) is 48.5 Å². The molecule has 150 valence electrons. The van der Waals surface area contributed by atoms with Gasteiger partial charge >= 0.3 is 6.09 Å². The van der Waals surface area contributed by atoms with Crippen LogP contribution in [0.2, 0.25) is 0 Å². The minimum absolute atomic E-state index is 0.165. The lowest BCUT2D eigenvalue weighted by Gasteiger charge is -2.13. The summed E-state index contributed by atoms with van der Waals surface area (Å²) in [6.07, 6.45) is 0.953. The van der Waals surface area contributed by atoms with Gasteiger partial charge in [0.05, 0.1) is 28.9 Å². The summed E-state index contributed by atoms with van der Waals surface area (Å²) in [5.41, 5.74) is 2.88. The highest BCUT2D eigenvalue weighted by Gasteiger charge is 2.32.